The van der Waals surface area contributed by atoms with Crippen molar-refractivity contribution in [3.8, 4) is 5.75 Å². The van der Waals surface area contributed by atoms with E-state index in [1.807, 2.05) is 38.1 Å². The lowest BCUT2D eigenvalue weighted by Gasteiger charge is -2.12. The van der Waals surface area contributed by atoms with Crippen LogP contribution in [0.25, 0.3) is 10.9 Å². The highest BCUT2D eigenvalue weighted by molar-refractivity contribution is 14.1. The van der Waals surface area contributed by atoms with Gasteiger partial charge in [-0.15, -0.1) is 0 Å². The lowest BCUT2D eigenvalue weighted by Crippen LogP contribution is -2.23. The van der Waals surface area contributed by atoms with E-state index in [0.717, 1.165) is 17.2 Å². The van der Waals surface area contributed by atoms with Gasteiger partial charge in [0.05, 0.1) is 24.3 Å². The maximum absolute atomic E-state index is 13.1. The van der Waals surface area contributed by atoms with Gasteiger partial charge in [-0.3, -0.25) is 9.59 Å². The highest BCUT2D eigenvalue weighted by Gasteiger charge is 2.14. The summed E-state index contributed by atoms with van der Waals surface area (Å²) in [6.07, 6.45) is 1.61. The van der Waals surface area contributed by atoms with Crippen molar-refractivity contribution in [3.63, 3.8) is 0 Å². The fourth-order valence-corrected chi connectivity index (χ4v) is 5.07. The summed E-state index contributed by atoms with van der Waals surface area (Å²) in [6, 6.07) is 9.12. The van der Waals surface area contributed by atoms with Gasteiger partial charge in [0.1, 0.15) is 5.82 Å². The molecule has 1 aromatic heterocycles. The third-order valence-corrected chi connectivity index (χ3v) is 6.03. The molecular weight excluding hydrogens is 664 g/mol. The van der Waals surface area contributed by atoms with Gasteiger partial charge in [0.15, 0.2) is 5.75 Å². The zero-order valence-electron chi connectivity index (χ0n) is 15.7. The van der Waals surface area contributed by atoms with Crippen molar-refractivity contribution in [2.45, 2.75) is 26.7 Å². The van der Waals surface area contributed by atoms with Crippen molar-refractivity contribution in [3.05, 3.63) is 63.7 Å². The van der Waals surface area contributed by atoms with Crippen molar-refractivity contribution in [1.82, 2.24) is 9.66 Å². The molecule has 1 heterocycles. The number of nitrogens with zero attached hydrogens (tertiary/aromatic N) is 3. The smallest absolute Gasteiger partial charge is 0.308 e. The van der Waals surface area contributed by atoms with Crippen LogP contribution in [0.4, 0.5) is 0 Å². The van der Waals surface area contributed by atoms with E-state index in [1.165, 1.54) is 11.6 Å². The first-order chi connectivity index (χ1) is 13.7. The van der Waals surface area contributed by atoms with Gasteiger partial charge < -0.3 is 4.74 Å². The fourth-order valence-electron chi connectivity index (χ4n) is 2.67. The molecule has 0 amide bonds. The van der Waals surface area contributed by atoms with Gasteiger partial charge in [-0.05, 0) is 81.1 Å². The molecule has 29 heavy (non-hydrogen) atoms. The van der Waals surface area contributed by atoms with E-state index in [2.05, 4.69) is 71.2 Å². The molecular formula is C20H16BrI2N3O3. The predicted molar refractivity (Wildman–Crippen MR) is 134 cm³/mol. The van der Waals surface area contributed by atoms with Crippen molar-refractivity contribution in [1.29, 1.82) is 0 Å². The van der Waals surface area contributed by atoms with Crippen LogP contribution >= 0.6 is 61.1 Å². The Morgan fingerprint density at radius 2 is 1.90 bits per heavy atom. The van der Waals surface area contributed by atoms with Gasteiger partial charge in [0, 0.05) is 17.3 Å². The molecule has 0 saturated heterocycles. The zero-order chi connectivity index (χ0) is 21.3. The van der Waals surface area contributed by atoms with Gasteiger partial charge in [0.2, 0.25) is 0 Å². The van der Waals surface area contributed by atoms with Gasteiger partial charge in [-0.25, -0.2) is 4.98 Å². The molecule has 0 N–H and O–H groups in total. The monoisotopic (exact) mass is 679 g/mol. The van der Waals surface area contributed by atoms with Crippen molar-refractivity contribution in [2.24, 2.45) is 5.10 Å². The Balaban J connectivity index is 2.11. The molecule has 0 bridgehead atoms. The number of esters is 1. The Morgan fingerprint density at radius 3 is 2.48 bits per heavy atom. The second kappa shape index (κ2) is 9.21. The number of rotatable bonds is 4. The van der Waals surface area contributed by atoms with E-state index < -0.39 is 0 Å². The molecule has 0 unspecified atom stereocenters. The lowest BCUT2D eigenvalue weighted by molar-refractivity contribution is -0.132. The van der Waals surface area contributed by atoms with Crippen molar-refractivity contribution in [2.75, 3.05) is 0 Å². The van der Waals surface area contributed by atoms with Crippen LogP contribution in [0.15, 0.2) is 44.7 Å². The van der Waals surface area contributed by atoms with Gasteiger partial charge in [-0.2, -0.15) is 9.78 Å². The first-order valence-corrected chi connectivity index (χ1v) is 11.6. The molecule has 0 radical (unpaired) electrons. The number of hydrogen-bond acceptors (Lipinski definition) is 5. The average molecular weight is 680 g/mol. The average Bonchev–Trinajstić information content (AvgIpc) is 2.64. The largest absolute Gasteiger partial charge is 0.424 e. The number of fused-ring (bicyclic) bond motifs is 1. The van der Waals surface area contributed by atoms with E-state index >= 15 is 0 Å². The molecule has 0 atom stereocenters. The van der Waals surface area contributed by atoms with Crippen LogP contribution in [0.3, 0.4) is 0 Å². The second-order valence-corrected chi connectivity index (χ2v) is 9.80. The molecule has 0 fully saturated rings. The summed E-state index contributed by atoms with van der Waals surface area (Å²) in [5.41, 5.74) is 1.20. The number of benzene rings is 2. The van der Waals surface area contributed by atoms with Crippen LogP contribution < -0.4 is 10.3 Å². The predicted octanol–water partition coefficient (Wildman–Crippen LogP) is 5.30. The van der Waals surface area contributed by atoms with Crippen LogP contribution in [0.5, 0.6) is 5.75 Å². The summed E-state index contributed by atoms with van der Waals surface area (Å²) in [5.74, 6) is 0.749. The van der Waals surface area contributed by atoms with Crippen molar-refractivity contribution >= 4 is 84.2 Å². The second-order valence-electron chi connectivity index (χ2n) is 6.56. The molecule has 0 aliphatic carbocycles. The Kier molecular flexibility index (Phi) is 7.10. The van der Waals surface area contributed by atoms with E-state index in [1.54, 1.807) is 12.3 Å². The maximum Gasteiger partial charge on any atom is 0.308 e. The number of halogens is 3. The fraction of sp³-hybridized carbons (Fsp3) is 0.200. The summed E-state index contributed by atoms with van der Waals surface area (Å²) < 4.78 is 8.97. The minimum atomic E-state index is -0.372. The number of ether oxygens (including phenoxy) is 1. The van der Waals surface area contributed by atoms with Crippen LogP contribution in [0.1, 0.15) is 38.1 Å². The zero-order valence-corrected chi connectivity index (χ0v) is 21.6. The molecule has 6 nitrogen and oxygen atoms in total. The summed E-state index contributed by atoms with van der Waals surface area (Å²) in [4.78, 5) is 29.0. The van der Waals surface area contributed by atoms with Crippen LogP contribution in [0, 0.1) is 7.14 Å². The normalized spacial score (nSPS) is 11.6. The molecule has 9 heteroatoms. The number of hydrogen-bond donors (Lipinski definition) is 0. The lowest BCUT2D eigenvalue weighted by atomic mass is 10.2. The molecule has 0 saturated carbocycles. The molecule has 150 valence electrons. The summed E-state index contributed by atoms with van der Waals surface area (Å²) in [7, 11) is 0. The third-order valence-electron chi connectivity index (χ3n) is 3.94. The number of aromatic nitrogens is 2. The van der Waals surface area contributed by atoms with Crippen LogP contribution in [-0.2, 0) is 4.79 Å². The van der Waals surface area contributed by atoms with E-state index in [-0.39, 0.29) is 17.4 Å². The Labute approximate surface area is 203 Å². The number of carbonyl (C=O) groups excluding carboxylic acids is 1. The van der Waals surface area contributed by atoms with E-state index in [4.69, 9.17) is 4.74 Å². The van der Waals surface area contributed by atoms with Crippen LogP contribution in [0.2, 0.25) is 0 Å². The Morgan fingerprint density at radius 1 is 1.24 bits per heavy atom. The summed E-state index contributed by atoms with van der Waals surface area (Å²) in [5, 5.41) is 4.93. The summed E-state index contributed by atoms with van der Waals surface area (Å²) in [6.45, 7) is 5.31. The maximum atomic E-state index is 13.1. The minimum Gasteiger partial charge on any atom is -0.424 e. The first-order valence-electron chi connectivity index (χ1n) is 8.61. The van der Waals surface area contributed by atoms with Gasteiger partial charge >= 0.3 is 5.97 Å². The van der Waals surface area contributed by atoms with Crippen molar-refractivity contribution < 1.29 is 9.53 Å². The topological polar surface area (TPSA) is 73.5 Å². The Bertz CT molecular complexity index is 1180. The highest BCUT2D eigenvalue weighted by atomic mass is 127. The minimum absolute atomic E-state index is 0.0134. The van der Waals surface area contributed by atoms with Gasteiger partial charge in [-0.1, -0.05) is 29.8 Å². The molecule has 0 aliphatic heterocycles. The molecule has 3 rings (SSSR count). The SMILES string of the molecule is CC(=O)Oc1c(I)cc(C=Nn2c(C(C)C)nc3ccc(Br)cc3c2=O)cc1I. The Hall–Kier alpha value is -1.34. The van der Waals surface area contributed by atoms with E-state index in [0.29, 0.717) is 22.5 Å². The highest BCUT2D eigenvalue weighted by Crippen LogP contribution is 2.28. The standard InChI is InChI=1S/C20H16BrI2N3O3/c1-10(2)19-25-17-5-4-13(21)8-14(17)20(28)26(19)24-9-12-6-15(22)18(16(23)7-12)29-11(3)27/h4-10H,1-3H3. The quantitative estimate of drug-likeness (QED) is 0.163. The summed E-state index contributed by atoms with van der Waals surface area (Å²) >= 11 is 7.62. The van der Waals surface area contributed by atoms with Crippen LogP contribution in [-0.4, -0.2) is 21.8 Å². The molecule has 0 spiro atoms. The third kappa shape index (κ3) is 5.05. The molecule has 0 aliphatic rings. The number of carbonyl (C=O) groups is 1. The molecule has 3 aromatic rings. The molecule has 2 aromatic carbocycles. The van der Waals surface area contributed by atoms with Gasteiger partial charge in [0.25, 0.3) is 5.56 Å². The van der Waals surface area contributed by atoms with E-state index in [9.17, 15) is 9.59 Å². The first kappa shape index (κ1) is 22.3.